The number of carbonyl (C=O) groups excluding carboxylic acids is 3. The van der Waals surface area contributed by atoms with E-state index in [1.165, 1.54) is 16.8 Å². The molecular formula is C22H30N4O3. The molecule has 0 bridgehead atoms. The summed E-state index contributed by atoms with van der Waals surface area (Å²) in [6.45, 7) is 9.29. The van der Waals surface area contributed by atoms with Crippen molar-refractivity contribution < 1.29 is 14.4 Å². The van der Waals surface area contributed by atoms with Crippen LogP contribution in [0.2, 0.25) is 0 Å². The Morgan fingerprint density at radius 3 is 1.93 bits per heavy atom. The number of anilines is 1. The van der Waals surface area contributed by atoms with Crippen LogP contribution in [0.3, 0.4) is 0 Å². The van der Waals surface area contributed by atoms with Gasteiger partial charge in [-0.1, -0.05) is 12.1 Å². The molecule has 0 radical (unpaired) electrons. The van der Waals surface area contributed by atoms with Crippen molar-refractivity contribution in [3.05, 3.63) is 29.3 Å². The number of hydrogen-bond acceptors (Lipinski definition) is 4. The fourth-order valence-corrected chi connectivity index (χ4v) is 4.51. The van der Waals surface area contributed by atoms with Crippen molar-refractivity contribution in [2.45, 2.75) is 26.7 Å². The van der Waals surface area contributed by atoms with Crippen LogP contribution in [-0.2, 0) is 14.4 Å². The van der Waals surface area contributed by atoms with Crippen LogP contribution in [0.25, 0.3) is 0 Å². The molecule has 29 heavy (non-hydrogen) atoms. The van der Waals surface area contributed by atoms with E-state index in [9.17, 15) is 14.4 Å². The van der Waals surface area contributed by atoms with Crippen LogP contribution in [0.5, 0.6) is 0 Å². The molecule has 0 atom stereocenters. The van der Waals surface area contributed by atoms with Crippen LogP contribution in [0.15, 0.2) is 18.2 Å². The minimum Gasteiger partial charge on any atom is -0.368 e. The van der Waals surface area contributed by atoms with Crippen LogP contribution < -0.4 is 4.90 Å². The van der Waals surface area contributed by atoms with Crippen molar-refractivity contribution >= 4 is 23.9 Å². The van der Waals surface area contributed by atoms with Crippen LogP contribution in [0.4, 0.5) is 5.69 Å². The Hall–Kier alpha value is -2.57. The first kappa shape index (κ1) is 19.7. The third kappa shape index (κ3) is 3.58. The molecule has 0 aromatic heterocycles. The minimum atomic E-state index is -0.842. The van der Waals surface area contributed by atoms with Gasteiger partial charge in [0.25, 0.3) is 0 Å². The lowest BCUT2D eigenvalue weighted by Crippen LogP contribution is -2.56. The first-order valence-corrected chi connectivity index (χ1v) is 10.6. The van der Waals surface area contributed by atoms with E-state index in [0.717, 1.165) is 19.5 Å². The van der Waals surface area contributed by atoms with Gasteiger partial charge >= 0.3 is 0 Å². The first-order valence-electron chi connectivity index (χ1n) is 10.6. The third-order valence-electron chi connectivity index (χ3n) is 6.80. The molecule has 2 aliphatic heterocycles. The monoisotopic (exact) mass is 398 g/mol. The van der Waals surface area contributed by atoms with E-state index in [-0.39, 0.29) is 11.8 Å². The normalized spacial score (nSPS) is 21.2. The summed E-state index contributed by atoms with van der Waals surface area (Å²) in [5, 5.41) is 0. The fourth-order valence-electron chi connectivity index (χ4n) is 4.51. The number of hydrogen-bond donors (Lipinski definition) is 0. The van der Waals surface area contributed by atoms with Crippen LogP contribution in [-0.4, -0.2) is 85.3 Å². The molecule has 3 fully saturated rings. The summed E-state index contributed by atoms with van der Waals surface area (Å²) in [7, 11) is 0. The third-order valence-corrected chi connectivity index (χ3v) is 6.80. The van der Waals surface area contributed by atoms with E-state index in [1.54, 1.807) is 9.80 Å². The molecule has 0 N–H and O–H groups in total. The van der Waals surface area contributed by atoms with E-state index in [1.807, 2.05) is 4.90 Å². The van der Waals surface area contributed by atoms with Crippen molar-refractivity contribution in [3.63, 3.8) is 0 Å². The summed E-state index contributed by atoms with van der Waals surface area (Å²) >= 11 is 0. The fraction of sp³-hybridized carbons (Fsp3) is 0.591. The molecule has 3 aliphatic rings. The Morgan fingerprint density at radius 2 is 1.41 bits per heavy atom. The standard InChI is InChI=1S/C22H30N4O3/c1-17-4-3-5-19(18(17)2)24-12-14-26(15-13-24)21(29)22(6-7-22)20(28)25-10-8-23(16-27)9-11-25/h3-5,16H,6-15H2,1-2H3. The van der Waals surface area contributed by atoms with Gasteiger partial charge in [0.15, 0.2) is 0 Å². The Balaban J connectivity index is 1.37. The molecular weight excluding hydrogens is 368 g/mol. The second kappa shape index (κ2) is 7.69. The molecule has 0 unspecified atom stereocenters. The SMILES string of the molecule is Cc1cccc(N2CCN(C(=O)C3(C(=O)N4CCN(C=O)CC4)CC3)CC2)c1C. The Labute approximate surface area is 172 Å². The summed E-state index contributed by atoms with van der Waals surface area (Å²) in [5.74, 6) is -0.0362. The lowest BCUT2D eigenvalue weighted by atomic mass is 10.0. The summed E-state index contributed by atoms with van der Waals surface area (Å²) in [4.78, 5) is 44.9. The van der Waals surface area contributed by atoms with Crippen molar-refractivity contribution in [3.8, 4) is 0 Å². The Bertz CT molecular complexity index is 804. The van der Waals surface area contributed by atoms with Gasteiger partial charge < -0.3 is 19.6 Å². The predicted molar refractivity (Wildman–Crippen MR) is 111 cm³/mol. The maximum absolute atomic E-state index is 13.2. The molecule has 0 spiro atoms. The molecule has 4 rings (SSSR count). The number of aryl methyl sites for hydroxylation is 1. The highest BCUT2D eigenvalue weighted by molar-refractivity contribution is 6.08. The van der Waals surface area contributed by atoms with Crippen molar-refractivity contribution in [1.82, 2.24) is 14.7 Å². The van der Waals surface area contributed by atoms with Gasteiger partial charge in [-0.2, -0.15) is 0 Å². The lowest BCUT2D eigenvalue weighted by molar-refractivity contribution is -0.151. The molecule has 2 saturated heterocycles. The average Bonchev–Trinajstić information content (AvgIpc) is 3.57. The number of amides is 3. The minimum absolute atomic E-state index is 0.000862. The Kier molecular flexibility index (Phi) is 5.23. The Morgan fingerprint density at radius 1 is 0.862 bits per heavy atom. The van der Waals surface area contributed by atoms with Crippen molar-refractivity contribution in [2.24, 2.45) is 5.41 Å². The van der Waals surface area contributed by atoms with Gasteiger partial charge in [-0.05, 0) is 43.9 Å². The van der Waals surface area contributed by atoms with E-state index in [4.69, 9.17) is 0 Å². The average molecular weight is 399 g/mol. The molecule has 1 aromatic rings. The summed E-state index contributed by atoms with van der Waals surface area (Å²) in [5.41, 5.74) is 2.96. The highest BCUT2D eigenvalue weighted by Gasteiger charge is 2.59. The summed E-state index contributed by atoms with van der Waals surface area (Å²) in [6, 6.07) is 6.35. The number of rotatable bonds is 4. The summed E-state index contributed by atoms with van der Waals surface area (Å²) in [6.07, 6.45) is 2.13. The zero-order valence-electron chi connectivity index (χ0n) is 17.4. The zero-order chi connectivity index (χ0) is 20.6. The molecule has 2 heterocycles. The number of piperazine rings is 2. The molecule has 156 valence electrons. The van der Waals surface area contributed by atoms with Crippen molar-refractivity contribution in [1.29, 1.82) is 0 Å². The highest BCUT2D eigenvalue weighted by atomic mass is 16.2. The quantitative estimate of drug-likeness (QED) is 0.561. The van der Waals surface area contributed by atoms with Gasteiger partial charge in [-0.15, -0.1) is 0 Å². The molecule has 7 heteroatoms. The van der Waals surface area contributed by atoms with E-state index >= 15 is 0 Å². The number of nitrogens with zero attached hydrogens (tertiary/aromatic N) is 4. The second-order valence-corrected chi connectivity index (χ2v) is 8.51. The molecule has 3 amide bonds. The smallest absolute Gasteiger partial charge is 0.238 e. The van der Waals surface area contributed by atoms with Gasteiger partial charge in [0.1, 0.15) is 5.41 Å². The zero-order valence-corrected chi connectivity index (χ0v) is 17.4. The van der Waals surface area contributed by atoms with Crippen LogP contribution in [0.1, 0.15) is 24.0 Å². The number of benzene rings is 1. The molecule has 1 saturated carbocycles. The van der Waals surface area contributed by atoms with Gasteiger partial charge in [-0.25, -0.2) is 0 Å². The molecule has 1 aliphatic carbocycles. The van der Waals surface area contributed by atoms with E-state index in [2.05, 4.69) is 36.9 Å². The highest BCUT2D eigenvalue weighted by Crippen LogP contribution is 2.49. The van der Waals surface area contributed by atoms with E-state index in [0.29, 0.717) is 52.1 Å². The maximum atomic E-state index is 13.2. The van der Waals surface area contributed by atoms with E-state index < -0.39 is 5.41 Å². The maximum Gasteiger partial charge on any atom is 0.238 e. The predicted octanol–water partition coefficient (Wildman–Crippen LogP) is 1.03. The second-order valence-electron chi connectivity index (χ2n) is 8.51. The molecule has 1 aromatic carbocycles. The first-order chi connectivity index (χ1) is 14.0. The van der Waals surface area contributed by atoms with Crippen molar-refractivity contribution in [2.75, 3.05) is 57.3 Å². The topological polar surface area (TPSA) is 64.2 Å². The van der Waals surface area contributed by atoms with Gasteiger partial charge in [0.05, 0.1) is 0 Å². The lowest BCUT2D eigenvalue weighted by Gasteiger charge is -2.39. The van der Waals surface area contributed by atoms with Crippen LogP contribution in [0, 0.1) is 19.3 Å². The van der Waals surface area contributed by atoms with Gasteiger partial charge in [-0.3, -0.25) is 14.4 Å². The number of carbonyl (C=O) groups is 3. The summed E-state index contributed by atoms with van der Waals surface area (Å²) < 4.78 is 0. The van der Waals surface area contributed by atoms with Crippen LogP contribution >= 0.6 is 0 Å². The van der Waals surface area contributed by atoms with Gasteiger partial charge in [0.2, 0.25) is 18.2 Å². The largest absolute Gasteiger partial charge is 0.368 e. The van der Waals surface area contributed by atoms with Gasteiger partial charge in [0, 0.05) is 58.0 Å². The molecule has 7 nitrogen and oxygen atoms in total.